The van der Waals surface area contributed by atoms with Gasteiger partial charge < -0.3 is 4.74 Å². The number of nitrogens with zero attached hydrogens (tertiary/aromatic N) is 3. The number of amides is 1. The Bertz CT molecular complexity index is 881. The number of hydrogen-bond acceptors (Lipinski definition) is 8. The van der Waals surface area contributed by atoms with Crippen molar-refractivity contribution in [3.05, 3.63) is 36.9 Å². The van der Waals surface area contributed by atoms with Crippen LogP contribution >= 0.6 is 23.1 Å². The lowest BCUT2D eigenvalue weighted by atomic mass is 10.3. The predicted molar refractivity (Wildman–Crippen MR) is 109 cm³/mol. The van der Waals surface area contributed by atoms with Crippen molar-refractivity contribution in [2.24, 2.45) is 0 Å². The molecule has 8 nitrogen and oxygen atoms in total. The quantitative estimate of drug-likeness (QED) is 0.353. The van der Waals surface area contributed by atoms with Gasteiger partial charge in [0.25, 0.3) is 0 Å². The molecule has 0 radical (unpaired) electrons. The van der Waals surface area contributed by atoms with Gasteiger partial charge in [-0.1, -0.05) is 29.2 Å². The van der Waals surface area contributed by atoms with Crippen LogP contribution in [0.2, 0.25) is 0 Å². The normalized spacial score (nSPS) is 11.0. The maximum Gasteiger partial charge on any atom is 0.246 e. The molecule has 146 valence electrons. The molecule has 2 aromatic rings. The first-order valence-electron chi connectivity index (χ1n) is 7.91. The van der Waals surface area contributed by atoms with E-state index >= 15 is 0 Å². The van der Waals surface area contributed by atoms with Crippen LogP contribution < -0.4 is 14.4 Å². The van der Waals surface area contributed by atoms with Crippen molar-refractivity contribution in [1.29, 1.82) is 0 Å². The van der Waals surface area contributed by atoms with Crippen molar-refractivity contribution in [3.8, 4) is 5.75 Å². The van der Waals surface area contributed by atoms with E-state index in [-0.39, 0.29) is 6.54 Å². The molecule has 1 aromatic carbocycles. The molecule has 1 amide bonds. The minimum atomic E-state index is -3.65. The smallest absolute Gasteiger partial charge is 0.246 e. The van der Waals surface area contributed by atoms with Crippen molar-refractivity contribution in [1.82, 2.24) is 10.2 Å². The summed E-state index contributed by atoms with van der Waals surface area (Å²) in [6.45, 7) is 5.62. The van der Waals surface area contributed by atoms with E-state index in [9.17, 15) is 13.2 Å². The van der Waals surface area contributed by atoms with Gasteiger partial charge in [-0.3, -0.25) is 14.4 Å². The predicted octanol–water partition coefficient (Wildman–Crippen LogP) is 2.62. The molecule has 0 unspecified atom stereocenters. The zero-order valence-electron chi connectivity index (χ0n) is 14.9. The second-order valence-electron chi connectivity index (χ2n) is 5.22. The van der Waals surface area contributed by atoms with Crippen LogP contribution in [0.15, 0.2) is 41.3 Å². The molecule has 1 aromatic heterocycles. The SMILES string of the molecule is C=CCSc1nnc(NC(=O)CN(c2ccc(OCC)cc2)S(C)(=O)=O)s1. The summed E-state index contributed by atoms with van der Waals surface area (Å²) in [6, 6.07) is 6.49. The van der Waals surface area contributed by atoms with E-state index < -0.39 is 15.9 Å². The zero-order valence-corrected chi connectivity index (χ0v) is 17.4. The molecule has 0 aliphatic heterocycles. The topological polar surface area (TPSA) is 101 Å². The van der Waals surface area contributed by atoms with Gasteiger partial charge in [-0.25, -0.2) is 8.42 Å². The Morgan fingerprint density at radius 1 is 1.37 bits per heavy atom. The second-order valence-corrected chi connectivity index (χ2v) is 9.37. The van der Waals surface area contributed by atoms with Crippen LogP contribution in [0.1, 0.15) is 6.92 Å². The molecule has 27 heavy (non-hydrogen) atoms. The summed E-state index contributed by atoms with van der Waals surface area (Å²) in [7, 11) is -3.65. The van der Waals surface area contributed by atoms with E-state index in [4.69, 9.17) is 4.74 Å². The minimum Gasteiger partial charge on any atom is -0.494 e. The first-order valence-corrected chi connectivity index (χ1v) is 11.6. The molecule has 0 bridgehead atoms. The van der Waals surface area contributed by atoms with Crippen LogP contribution in [0.5, 0.6) is 5.75 Å². The van der Waals surface area contributed by atoms with E-state index in [0.717, 1.165) is 10.6 Å². The van der Waals surface area contributed by atoms with Gasteiger partial charge in [0.15, 0.2) is 4.34 Å². The lowest BCUT2D eigenvalue weighted by Gasteiger charge is -2.21. The summed E-state index contributed by atoms with van der Waals surface area (Å²) in [6.07, 6.45) is 2.79. The number of carbonyl (C=O) groups is 1. The summed E-state index contributed by atoms with van der Waals surface area (Å²) in [5.41, 5.74) is 0.371. The molecule has 0 atom stereocenters. The molecular weight excluding hydrogens is 408 g/mol. The van der Waals surface area contributed by atoms with Crippen molar-refractivity contribution in [2.45, 2.75) is 11.3 Å². The fraction of sp³-hybridized carbons (Fsp3) is 0.312. The average molecular weight is 429 g/mol. The van der Waals surface area contributed by atoms with Gasteiger partial charge in [0, 0.05) is 5.75 Å². The van der Waals surface area contributed by atoms with Gasteiger partial charge in [0.05, 0.1) is 18.6 Å². The third-order valence-corrected chi connectivity index (χ3v) is 6.21. The average Bonchev–Trinajstić information content (AvgIpc) is 3.05. The third-order valence-electron chi connectivity index (χ3n) is 3.10. The Kier molecular flexibility index (Phi) is 7.63. The molecule has 0 aliphatic carbocycles. The Labute approximate surface area is 166 Å². The highest BCUT2D eigenvalue weighted by atomic mass is 32.2. The van der Waals surface area contributed by atoms with E-state index in [0.29, 0.717) is 33.3 Å². The molecule has 0 spiro atoms. The number of carbonyl (C=O) groups excluding carboxylic acids is 1. The van der Waals surface area contributed by atoms with Crippen LogP contribution in [0.4, 0.5) is 10.8 Å². The number of benzene rings is 1. The van der Waals surface area contributed by atoms with Crippen LogP contribution in [-0.4, -0.2) is 49.7 Å². The maximum absolute atomic E-state index is 12.3. The van der Waals surface area contributed by atoms with Crippen LogP contribution in [0.3, 0.4) is 0 Å². The van der Waals surface area contributed by atoms with E-state index in [1.54, 1.807) is 30.3 Å². The molecule has 2 rings (SSSR count). The first kappa shape index (κ1) is 21.2. The van der Waals surface area contributed by atoms with Crippen molar-refractivity contribution in [3.63, 3.8) is 0 Å². The number of ether oxygens (including phenoxy) is 1. The minimum absolute atomic E-state index is 0.312. The molecule has 1 N–H and O–H groups in total. The van der Waals surface area contributed by atoms with Gasteiger partial charge in [0.1, 0.15) is 12.3 Å². The Balaban J connectivity index is 2.08. The number of thioether (sulfide) groups is 1. The van der Waals surface area contributed by atoms with Gasteiger partial charge >= 0.3 is 0 Å². The number of hydrogen-bond donors (Lipinski definition) is 1. The fourth-order valence-electron chi connectivity index (χ4n) is 2.01. The lowest BCUT2D eigenvalue weighted by molar-refractivity contribution is -0.114. The standard InChI is InChI=1S/C16H20N4O4S3/c1-4-10-25-16-19-18-15(26-16)17-14(21)11-20(27(3,22)23)12-6-8-13(9-7-12)24-5-2/h4,6-9H,1,5,10-11H2,2-3H3,(H,17,18,21). The molecule has 1 heterocycles. The van der Waals surface area contributed by atoms with Crippen LogP contribution in [0, 0.1) is 0 Å². The largest absolute Gasteiger partial charge is 0.494 e. The molecular formula is C16H20N4O4S3. The highest BCUT2D eigenvalue weighted by Gasteiger charge is 2.21. The molecule has 0 fully saturated rings. The summed E-state index contributed by atoms with van der Waals surface area (Å²) in [5.74, 6) is 0.797. The zero-order chi connectivity index (χ0) is 19.9. The fourth-order valence-corrected chi connectivity index (χ4v) is 4.40. The number of rotatable bonds is 10. The Hall–Kier alpha value is -2.11. The van der Waals surface area contributed by atoms with Crippen LogP contribution in [-0.2, 0) is 14.8 Å². The van der Waals surface area contributed by atoms with Gasteiger partial charge in [-0.05, 0) is 31.2 Å². The summed E-state index contributed by atoms with van der Waals surface area (Å²) >= 11 is 2.66. The molecule has 0 saturated carbocycles. The van der Waals surface area contributed by atoms with E-state index in [1.807, 2.05) is 6.92 Å². The lowest BCUT2D eigenvalue weighted by Crippen LogP contribution is -2.37. The Morgan fingerprint density at radius 3 is 2.67 bits per heavy atom. The number of sulfonamides is 1. The third kappa shape index (κ3) is 6.52. The highest BCUT2D eigenvalue weighted by Crippen LogP contribution is 2.26. The monoisotopic (exact) mass is 428 g/mol. The number of anilines is 2. The summed E-state index contributed by atoms with van der Waals surface area (Å²) in [4.78, 5) is 12.3. The first-order chi connectivity index (χ1) is 12.8. The van der Waals surface area contributed by atoms with E-state index in [1.165, 1.54) is 23.1 Å². The van der Waals surface area contributed by atoms with Crippen molar-refractivity contribution >= 4 is 49.8 Å². The van der Waals surface area contributed by atoms with Crippen molar-refractivity contribution in [2.75, 3.05) is 34.8 Å². The maximum atomic E-state index is 12.3. The van der Waals surface area contributed by atoms with Gasteiger partial charge in [0.2, 0.25) is 21.1 Å². The highest BCUT2D eigenvalue weighted by molar-refractivity contribution is 8.01. The van der Waals surface area contributed by atoms with Gasteiger partial charge in [-0.15, -0.1) is 16.8 Å². The number of aromatic nitrogens is 2. The Morgan fingerprint density at radius 2 is 2.07 bits per heavy atom. The van der Waals surface area contributed by atoms with E-state index in [2.05, 4.69) is 22.1 Å². The summed E-state index contributed by atoms with van der Waals surface area (Å²) < 4.78 is 31.3. The van der Waals surface area contributed by atoms with Gasteiger partial charge in [-0.2, -0.15) is 0 Å². The molecule has 0 saturated heterocycles. The number of nitrogens with one attached hydrogen (secondary N) is 1. The molecule has 0 aliphatic rings. The van der Waals surface area contributed by atoms with Crippen molar-refractivity contribution < 1.29 is 17.9 Å². The summed E-state index contributed by atoms with van der Waals surface area (Å²) in [5, 5.41) is 10.7. The van der Waals surface area contributed by atoms with Crippen LogP contribution in [0.25, 0.3) is 0 Å². The molecule has 11 heteroatoms. The second kappa shape index (κ2) is 9.72.